The maximum atomic E-state index is 13.6. The van der Waals surface area contributed by atoms with E-state index in [4.69, 9.17) is 17.3 Å². The molecule has 0 aliphatic rings. The first-order valence-electron chi connectivity index (χ1n) is 4.22. The summed E-state index contributed by atoms with van der Waals surface area (Å²) in [5, 5.41) is 0.132. The van der Waals surface area contributed by atoms with Gasteiger partial charge in [0.1, 0.15) is 5.82 Å². The van der Waals surface area contributed by atoms with Gasteiger partial charge in [0, 0.05) is 15.6 Å². The number of nitrogens with two attached hydrogens (primary N) is 1. The third-order valence-corrected chi connectivity index (χ3v) is 2.81. The summed E-state index contributed by atoms with van der Waals surface area (Å²) in [5.74, 6) is -0.389. The molecule has 0 aliphatic carbocycles. The lowest BCUT2D eigenvalue weighted by Crippen LogP contribution is -2.34. The zero-order valence-corrected chi connectivity index (χ0v) is 10.4. The van der Waals surface area contributed by atoms with Gasteiger partial charge in [-0.3, -0.25) is 0 Å². The molecule has 1 nitrogen and oxygen atoms in total. The lowest BCUT2D eigenvalue weighted by molar-refractivity contribution is 0.496. The second kappa shape index (κ2) is 4.17. The SMILES string of the molecule is CC(C)(N)Cc1c(Br)ccc(Cl)c1F. The molecule has 0 fully saturated rings. The predicted molar refractivity (Wildman–Crippen MR) is 61.1 cm³/mol. The van der Waals surface area contributed by atoms with Crippen LogP contribution in [0, 0.1) is 5.82 Å². The smallest absolute Gasteiger partial charge is 0.146 e. The molecule has 0 unspecified atom stereocenters. The fraction of sp³-hybridized carbons (Fsp3) is 0.400. The molecule has 0 saturated carbocycles. The van der Waals surface area contributed by atoms with E-state index >= 15 is 0 Å². The number of hydrogen-bond donors (Lipinski definition) is 1. The quantitative estimate of drug-likeness (QED) is 0.824. The maximum Gasteiger partial charge on any atom is 0.146 e. The van der Waals surface area contributed by atoms with E-state index in [1.165, 1.54) is 6.07 Å². The van der Waals surface area contributed by atoms with Crippen LogP contribution < -0.4 is 5.73 Å². The van der Waals surface area contributed by atoms with Gasteiger partial charge in [-0.05, 0) is 32.4 Å². The summed E-state index contributed by atoms with van der Waals surface area (Å²) in [6, 6.07) is 3.25. The lowest BCUT2D eigenvalue weighted by atomic mass is 9.96. The van der Waals surface area contributed by atoms with Crippen LogP contribution in [-0.2, 0) is 6.42 Å². The fourth-order valence-electron chi connectivity index (χ4n) is 1.19. The van der Waals surface area contributed by atoms with Gasteiger partial charge < -0.3 is 5.73 Å². The number of rotatable bonds is 2. The Balaban J connectivity index is 3.13. The Labute approximate surface area is 96.6 Å². The van der Waals surface area contributed by atoms with Crippen LogP contribution in [0.1, 0.15) is 19.4 Å². The Morgan fingerprint density at radius 1 is 1.50 bits per heavy atom. The zero-order chi connectivity index (χ0) is 10.9. The molecular formula is C10H12BrClFN. The summed E-state index contributed by atoms with van der Waals surface area (Å²) >= 11 is 8.96. The van der Waals surface area contributed by atoms with Gasteiger partial charge in [-0.2, -0.15) is 0 Å². The standard InChI is InChI=1S/C10H12BrClFN/c1-10(2,14)5-6-7(11)3-4-8(12)9(6)13/h3-4H,5,14H2,1-2H3. The van der Waals surface area contributed by atoms with Gasteiger partial charge in [-0.25, -0.2) is 4.39 Å². The molecule has 0 radical (unpaired) electrons. The van der Waals surface area contributed by atoms with Gasteiger partial charge >= 0.3 is 0 Å². The summed E-state index contributed by atoms with van der Waals surface area (Å²) in [6.07, 6.45) is 0.444. The average Bonchev–Trinajstić information content (AvgIpc) is 2.04. The Morgan fingerprint density at radius 3 is 2.57 bits per heavy atom. The largest absolute Gasteiger partial charge is 0.325 e. The van der Waals surface area contributed by atoms with Crippen LogP contribution in [0.3, 0.4) is 0 Å². The van der Waals surface area contributed by atoms with Crippen LogP contribution in [-0.4, -0.2) is 5.54 Å². The molecule has 1 rings (SSSR count). The number of hydrogen-bond acceptors (Lipinski definition) is 1. The predicted octanol–water partition coefficient (Wildman–Crippen LogP) is 3.52. The zero-order valence-electron chi connectivity index (χ0n) is 8.07. The first kappa shape index (κ1) is 12.0. The van der Waals surface area contributed by atoms with Gasteiger partial charge in [0.15, 0.2) is 0 Å². The molecule has 0 saturated heterocycles. The molecule has 78 valence electrons. The van der Waals surface area contributed by atoms with Crippen molar-refractivity contribution in [3.63, 3.8) is 0 Å². The van der Waals surface area contributed by atoms with Crippen LogP contribution in [0.15, 0.2) is 16.6 Å². The Hall–Kier alpha value is -0.120. The summed E-state index contributed by atoms with van der Waals surface area (Å²) in [5.41, 5.74) is 5.91. The highest BCUT2D eigenvalue weighted by Gasteiger charge is 2.18. The van der Waals surface area contributed by atoms with Crippen molar-refractivity contribution in [2.75, 3.05) is 0 Å². The van der Waals surface area contributed by atoms with Crippen LogP contribution >= 0.6 is 27.5 Å². The second-order valence-corrected chi connectivity index (χ2v) is 5.25. The Bertz CT molecular complexity index is 347. The Kier molecular flexibility index (Phi) is 3.56. The van der Waals surface area contributed by atoms with Crippen molar-refractivity contribution in [2.24, 2.45) is 5.73 Å². The highest BCUT2D eigenvalue weighted by Crippen LogP contribution is 2.28. The van der Waals surface area contributed by atoms with Gasteiger partial charge in [0.05, 0.1) is 5.02 Å². The first-order chi connectivity index (χ1) is 6.31. The summed E-state index contributed by atoms with van der Waals surface area (Å²) in [7, 11) is 0. The van der Waals surface area contributed by atoms with Crippen molar-refractivity contribution < 1.29 is 4.39 Å². The van der Waals surface area contributed by atoms with E-state index in [0.717, 1.165) is 0 Å². The van der Waals surface area contributed by atoms with Crippen LogP contribution in [0.25, 0.3) is 0 Å². The number of benzene rings is 1. The first-order valence-corrected chi connectivity index (χ1v) is 5.39. The van der Waals surface area contributed by atoms with E-state index in [1.54, 1.807) is 6.07 Å². The molecular weight excluding hydrogens is 268 g/mol. The third kappa shape index (κ3) is 2.94. The van der Waals surface area contributed by atoms with E-state index in [2.05, 4.69) is 15.9 Å². The minimum Gasteiger partial charge on any atom is -0.325 e. The van der Waals surface area contributed by atoms with Gasteiger partial charge in [0.25, 0.3) is 0 Å². The molecule has 0 aromatic heterocycles. The molecule has 1 aromatic rings. The van der Waals surface area contributed by atoms with Crippen molar-refractivity contribution in [1.29, 1.82) is 0 Å². The molecule has 0 atom stereocenters. The fourth-order valence-corrected chi connectivity index (χ4v) is 1.81. The highest BCUT2D eigenvalue weighted by molar-refractivity contribution is 9.10. The van der Waals surface area contributed by atoms with E-state index in [0.29, 0.717) is 16.5 Å². The summed E-state index contributed by atoms with van der Waals surface area (Å²) in [6.45, 7) is 3.69. The van der Waals surface area contributed by atoms with Crippen LogP contribution in [0.4, 0.5) is 4.39 Å². The van der Waals surface area contributed by atoms with E-state index in [9.17, 15) is 4.39 Å². The summed E-state index contributed by atoms with van der Waals surface area (Å²) < 4.78 is 14.3. The molecule has 2 N–H and O–H groups in total. The van der Waals surface area contributed by atoms with Crippen LogP contribution in [0.5, 0.6) is 0 Å². The molecule has 0 heterocycles. The normalized spacial score (nSPS) is 11.9. The van der Waals surface area contributed by atoms with Gasteiger partial charge in [-0.15, -0.1) is 0 Å². The minimum absolute atomic E-state index is 0.132. The van der Waals surface area contributed by atoms with Crippen LogP contribution in [0.2, 0.25) is 5.02 Å². The van der Waals surface area contributed by atoms with Crippen molar-refractivity contribution in [1.82, 2.24) is 0 Å². The molecule has 0 aliphatic heterocycles. The van der Waals surface area contributed by atoms with Crippen molar-refractivity contribution in [2.45, 2.75) is 25.8 Å². The molecule has 0 amide bonds. The van der Waals surface area contributed by atoms with Gasteiger partial charge in [-0.1, -0.05) is 27.5 Å². The van der Waals surface area contributed by atoms with E-state index in [-0.39, 0.29) is 10.8 Å². The number of halogens is 3. The molecule has 4 heteroatoms. The van der Waals surface area contributed by atoms with Crippen molar-refractivity contribution in [3.8, 4) is 0 Å². The lowest BCUT2D eigenvalue weighted by Gasteiger charge is -2.20. The third-order valence-electron chi connectivity index (χ3n) is 1.77. The molecule has 0 bridgehead atoms. The topological polar surface area (TPSA) is 26.0 Å². The monoisotopic (exact) mass is 279 g/mol. The minimum atomic E-state index is -0.450. The van der Waals surface area contributed by atoms with Gasteiger partial charge in [0.2, 0.25) is 0 Å². The summed E-state index contributed by atoms with van der Waals surface area (Å²) in [4.78, 5) is 0. The van der Waals surface area contributed by atoms with Crippen molar-refractivity contribution in [3.05, 3.63) is 33.0 Å². The van der Waals surface area contributed by atoms with Crippen molar-refractivity contribution >= 4 is 27.5 Å². The Morgan fingerprint density at radius 2 is 2.07 bits per heavy atom. The molecule has 14 heavy (non-hydrogen) atoms. The average molecular weight is 281 g/mol. The highest BCUT2D eigenvalue weighted by atomic mass is 79.9. The second-order valence-electron chi connectivity index (χ2n) is 3.99. The van der Waals surface area contributed by atoms with E-state index in [1.807, 2.05) is 13.8 Å². The molecule has 0 spiro atoms. The maximum absolute atomic E-state index is 13.6. The van der Waals surface area contributed by atoms with E-state index < -0.39 is 5.54 Å². The molecule has 1 aromatic carbocycles.